The summed E-state index contributed by atoms with van der Waals surface area (Å²) in [7, 11) is -2.50. The van der Waals surface area contributed by atoms with E-state index in [1.54, 1.807) is 47.6 Å². The molecule has 266 valence electrons. The van der Waals surface area contributed by atoms with Crippen molar-refractivity contribution in [3.8, 4) is 22.9 Å². The van der Waals surface area contributed by atoms with Crippen molar-refractivity contribution < 1.29 is 31.8 Å². The Bertz CT molecular complexity index is 2120. The topological polar surface area (TPSA) is 145 Å². The van der Waals surface area contributed by atoms with Crippen LogP contribution in [0.1, 0.15) is 24.5 Å². The van der Waals surface area contributed by atoms with Crippen LogP contribution in [0.4, 0.5) is 20.8 Å². The normalized spacial score (nSPS) is 16.1. The van der Waals surface area contributed by atoms with Crippen LogP contribution < -0.4 is 14.8 Å². The number of rotatable bonds is 12. The zero-order chi connectivity index (χ0) is 36.0. The Kier molecular flexibility index (Phi) is 10.9. The minimum Gasteiger partial charge on any atom is -0.445 e. The van der Waals surface area contributed by atoms with Gasteiger partial charge in [0.15, 0.2) is 0 Å². The quantitative estimate of drug-likeness (QED) is 0.142. The van der Waals surface area contributed by atoms with Gasteiger partial charge in [-0.15, -0.1) is 0 Å². The smallest absolute Gasteiger partial charge is 0.410 e. The van der Waals surface area contributed by atoms with Crippen molar-refractivity contribution in [2.24, 2.45) is 5.92 Å². The van der Waals surface area contributed by atoms with Crippen molar-refractivity contribution in [2.75, 3.05) is 42.6 Å². The van der Waals surface area contributed by atoms with E-state index in [9.17, 15) is 13.2 Å². The number of sulfonamides is 1. The molecule has 0 aliphatic carbocycles. The van der Waals surface area contributed by atoms with E-state index in [4.69, 9.17) is 19.2 Å². The molecule has 1 aliphatic heterocycles. The Labute approximate surface area is 296 Å². The van der Waals surface area contributed by atoms with Crippen LogP contribution in [-0.2, 0) is 26.1 Å². The highest BCUT2D eigenvalue weighted by atomic mass is 32.2. The van der Waals surface area contributed by atoms with Gasteiger partial charge in [-0.2, -0.15) is 0 Å². The van der Waals surface area contributed by atoms with Crippen LogP contribution in [0.3, 0.4) is 0 Å². The Morgan fingerprint density at radius 3 is 2.59 bits per heavy atom. The van der Waals surface area contributed by atoms with Crippen molar-refractivity contribution in [2.45, 2.75) is 32.9 Å². The third-order valence-corrected chi connectivity index (χ3v) is 9.69. The molecule has 1 fully saturated rings. The van der Waals surface area contributed by atoms with Crippen molar-refractivity contribution in [1.29, 1.82) is 0 Å². The van der Waals surface area contributed by atoms with Crippen LogP contribution in [0.5, 0.6) is 11.6 Å². The fourth-order valence-corrected chi connectivity index (χ4v) is 7.05. The number of anilines is 2. The second-order valence-electron chi connectivity index (χ2n) is 12.5. The number of hydrogen-bond acceptors (Lipinski definition) is 10. The zero-order valence-electron chi connectivity index (χ0n) is 28.5. The van der Waals surface area contributed by atoms with E-state index >= 15 is 4.39 Å². The molecule has 0 bridgehead atoms. The van der Waals surface area contributed by atoms with Crippen LogP contribution in [0.25, 0.3) is 22.0 Å². The van der Waals surface area contributed by atoms with Crippen LogP contribution in [0, 0.1) is 18.7 Å². The monoisotopic (exact) mass is 714 g/mol. The summed E-state index contributed by atoms with van der Waals surface area (Å²) >= 11 is 0. The number of nitrogens with zero attached hydrogens (tertiary/aromatic N) is 4. The highest BCUT2D eigenvalue weighted by Crippen LogP contribution is 2.39. The number of pyridine rings is 1. The third kappa shape index (κ3) is 8.70. The number of likely N-dealkylation sites (tertiary alicyclic amines) is 1. The summed E-state index contributed by atoms with van der Waals surface area (Å²) in [5.74, 6) is 0.163. The lowest BCUT2D eigenvalue weighted by molar-refractivity contribution is 0.0783. The van der Waals surface area contributed by atoms with Gasteiger partial charge in [-0.1, -0.05) is 49.4 Å². The SMILES string of the molecule is COCCS(=O)(=O)Nc1c(F)ccc2c(Oc3ncccc3-c3ccnc(N[C@H]4C[C@@H](C)CN(C(=O)OCc5ccccc5)C4)n3)c(C)ccc12. The van der Waals surface area contributed by atoms with Gasteiger partial charge in [-0.25, -0.2) is 32.6 Å². The fourth-order valence-electron chi connectivity index (χ4n) is 6.04. The van der Waals surface area contributed by atoms with Crippen LogP contribution in [0.2, 0.25) is 0 Å². The van der Waals surface area contributed by atoms with E-state index in [0.717, 1.165) is 17.5 Å². The molecular formula is C37H39FN6O6S. The summed E-state index contributed by atoms with van der Waals surface area (Å²) in [5, 5.41) is 4.20. The first kappa shape index (κ1) is 35.5. The van der Waals surface area contributed by atoms with Crippen molar-refractivity contribution in [1.82, 2.24) is 19.9 Å². The first-order chi connectivity index (χ1) is 24.6. The molecule has 0 saturated carbocycles. The van der Waals surface area contributed by atoms with Gasteiger partial charge >= 0.3 is 6.09 Å². The molecule has 6 rings (SSSR count). The number of ether oxygens (including phenoxy) is 3. The van der Waals surface area contributed by atoms with Crippen LogP contribution in [-0.4, -0.2) is 73.0 Å². The number of benzene rings is 3. The molecule has 0 unspecified atom stereocenters. The summed E-state index contributed by atoms with van der Waals surface area (Å²) in [5.41, 5.74) is 2.58. The van der Waals surface area contributed by atoms with Gasteiger partial charge < -0.3 is 24.4 Å². The van der Waals surface area contributed by atoms with Gasteiger partial charge in [0, 0.05) is 49.4 Å². The number of nitrogens with one attached hydrogen (secondary N) is 2. The van der Waals surface area contributed by atoms with Gasteiger partial charge in [0.2, 0.25) is 21.9 Å². The number of fused-ring (bicyclic) bond motifs is 1. The largest absolute Gasteiger partial charge is 0.445 e. The average molecular weight is 715 g/mol. The molecule has 2 aromatic heterocycles. The Morgan fingerprint density at radius 1 is 0.980 bits per heavy atom. The van der Waals surface area contributed by atoms with Crippen molar-refractivity contribution in [3.05, 3.63) is 102 Å². The van der Waals surface area contributed by atoms with E-state index in [2.05, 4.69) is 26.9 Å². The maximum atomic E-state index is 15.0. The molecule has 1 saturated heterocycles. The van der Waals surface area contributed by atoms with Gasteiger partial charge in [-0.05, 0) is 60.7 Å². The van der Waals surface area contributed by atoms with E-state index in [0.29, 0.717) is 46.8 Å². The number of methoxy groups -OCH3 is 1. The highest BCUT2D eigenvalue weighted by Gasteiger charge is 2.29. The van der Waals surface area contributed by atoms with Crippen molar-refractivity contribution in [3.63, 3.8) is 0 Å². The van der Waals surface area contributed by atoms with Gasteiger partial charge in [0.25, 0.3) is 0 Å². The standard InChI is InChI=1S/C37H39FN6O6S/c1-24-20-27(22-44(21-24)37(45)49-23-26-8-5-4-6-9-26)41-36-40-17-15-32(42-36)30-10-7-16-39-35(30)50-34-25(2)11-12-28-29(34)13-14-31(38)33(28)43-51(46,47)19-18-48-3/h4-17,24,27,43H,18-23H2,1-3H3,(H,40,41,42)/t24-,27+/m1/s1. The number of aryl methyl sites for hydroxylation is 1. The number of aromatic nitrogens is 3. The van der Waals surface area contributed by atoms with E-state index in [-0.39, 0.29) is 48.6 Å². The number of hydrogen-bond donors (Lipinski definition) is 2. The molecule has 1 amide bonds. The lowest BCUT2D eigenvalue weighted by Crippen LogP contribution is -2.48. The van der Waals surface area contributed by atoms with Gasteiger partial charge in [0.05, 0.1) is 29.3 Å². The Balaban J connectivity index is 1.22. The predicted molar refractivity (Wildman–Crippen MR) is 193 cm³/mol. The maximum absolute atomic E-state index is 15.0. The second kappa shape index (κ2) is 15.7. The van der Waals surface area contributed by atoms with Crippen LogP contribution in [0.15, 0.2) is 85.2 Å². The Hall–Kier alpha value is -5.34. The third-order valence-electron chi connectivity index (χ3n) is 8.47. The summed E-state index contributed by atoms with van der Waals surface area (Å²) < 4.78 is 59.6. The highest BCUT2D eigenvalue weighted by molar-refractivity contribution is 7.92. The van der Waals surface area contributed by atoms with E-state index in [1.807, 2.05) is 43.3 Å². The fraction of sp³-hybridized carbons (Fsp3) is 0.297. The predicted octanol–water partition coefficient (Wildman–Crippen LogP) is 6.78. The molecule has 14 heteroatoms. The zero-order valence-corrected chi connectivity index (χ0v) is 29.3. The minimum atomic E-state index is -3.89. The molecule has 0 spiro atoms. The minimum absolute atomic E-state index is 0.0417. The molecule has 12 nitrogen and oxygen atoms in total. The second-order valence-corrected chi connectivity index (χ2v) is 14.3. The van der Waals surface area contributed by atoms with Gasteiger partial charge in [-0.3, -0.25) is 4.72 Å². The molecule has 5 aromatic rings. The lowest BCUT2D eigenvalue weighted by Gasteiger charge is -2.36. The Morgan fingerprint density at radius 2 is 1.78 bits per heavy atom. The number of carbonyl (C=O) groups excluding carboxylic acids is 1. The molecule has 3 aromatic carbocycles. The molecule has 1 aliphatic rings. The molecule has 51 heavy (non-hydrogen) atoms. The first-order valence-corrected chi connectivity index (χ1v) is 18.1. The van der Waals surface area contributed by atoms with Crippen LogP contribution >= 0.6 is 0 Å². The summed E-state index contributed by atoms with van der Waals surface area (Å²) in [6.45, 7) is 5.10. The molecular weight excluding hydrogens is 676 g/mol. The molecule has 0 radical (unpaired) electrons. The number of amides is 1. The lowest BCUT2D eigenvalue weighted by atomic mass is 9.96. The molecule has 2 N–H and O–H groups in total. The maximum Gasteiger partial charge on any atom is 0.410 e. The summed E-state index contributed by atoms with van der Waals surface area (Å²) in [4.78, 5) is 28.4. The number of halogens is 1. The average Bonchev–Trinajstić information content (AvgIpc) is 3.12. The van der Waals surface area contributed by atoms with E-state index < -0.39 is 15.8 Å². The van der Waals surface area contributed by atoms with Crippen molar-refractivity contribution >= 4 is 38.5 Å². The summed E-state index contributed by atoms with van der Waals surface area (Å²) in [6.07, 6.45) is 3.66. The first-order valence-electron chi connectivity index (χ1n) is 16.5. The van der Waals surface area contributed by atoms with Gasteiger partial charge in [0.1, 0.15) is 18.2 Å². The van der Waals surface area contributed by atoms with E-state index in [1.165, 1.54) is 13.2 Å². The number of carbonyl (C=O) groups is 1. The number of piperidine rings is 1. The molecule has 2 atom stereocenters. The summed E-state index contributed by atoms with van der Waals surface area (Å²) in [6, 6.07) is 20.9. The molecule has 3 heterocycles.